The fraction of sp³-hybridized carbons (Fsp3) is 0.316. The predicted octanol–water partition coefficient (Wildman–Crippen LogP) is 4.11. The molecule has 2 aromatic carbocycles. The normalized spacial score (nSPS) is 17.1. The van der Waals surface area contributed by atoms with E-state index in [1.807, 2.05) is 32.0 Å². The number of fused-ring (bicyclic) bond motifs is 1. The Morgan fingerprint density at radius 3 is 2.52 bits per heavy atom. The van der Waals surface area contributed by atoms with Crippen molar-refractivity contribution in [1.29, 1.82) is 0 Å². The fourth-order valence-electron chi connectivity index (χ4n) is 3.31. The highest BCUT2D eigenvalue weighted by Gasteiger charge is 2.22. The van der Waals surface area contributed by atoms with Crippen LogP contribution in [0.5, 0.6) is 0 Å². The lowest BCUT2D eigenvalue weighted by atomic mass is 9.87. The number of aryl methyl sites for hydroxylation is 3. The van der Waals surface area contributed by atoms with Gasteiger partial charge in [-0.15, -0.1) is 0 Å². The van der Waals surface area contributed by atoms with Crippen molar-refractivity contribution in [2.24, 2.45) is 0 Å². The number of carbonyl (C=O) groups excluding carboxylic acids is 1. The largest absolute Gasteiger partial charge is 0.345 e. The van der Waals surface area contributed by atoms with E-state index in [-0.39, 0.29) is 11.9 Å². The van der Waals surface area contributed by atoms with E-state index in [1.165, 1.54) is 11.1 Å². The number of carbonyl (C=O) groups is 1. The monoisotopic (exact) mass is 279 g/mol. The van der Waals surface area contributed by atoms with Crippen LogP contribution in [-0.4, -0.2) is 5.91 Å². The van der Waals surface area contributed by atoms with Gasteiger partial charge in [0.05, 0.1) is 6.04 Å². The van der Waals surface area contributed by atoms with E-state index >= 15 is 0 Å². The first-order valence-electron chi connectivity index (χ1n) is 7.61. The molecule has 0 radical (unpaired) electrons. The number of hydrogen-bond acceptors (Lipinski definition) is 1. The summed E-state index contributed by atoms with van der Waals surface area (Å²) in [6, 6.07) is 14.6. The molecule has 108 valence electrons. The molecule has 0 heterocycles. The first kappa shape index (κ1) is 13.9. The molecular weight excluding hydrogens is 258 g/mol. The van der Waals surface area contributed by atoms with Crippen molar-refractivity contribution < 1.29 is 4.79 Å². The summed E-state index contributed by atoms with van der Waals surface area (Å²) in [5.74, 6) is 0.0484. The molecular formula is C19H21NO. The second kappa shape index (κ2) is 5.72. The minimum Gasteiger partial charge on any atom is -0.345 e. The summed E-state index contributed by atoms with van der Waals surface area (Å²) in [6.45, 7) is 3.99. The van der Waals surface area contributed by atoms with Crippen LogP contribution < -0.4 is 5.32 Å². The van der Waals surface area contributed by atoms with Gasteiger partial charge in [-0.25, -0.2) is 0 Å². The second-order valence-corrected chi connectivity index (χ2v) is 5.88. The Morgan fingerprint density at radius 2 is 1.76 bits per heavy atom. The van der Waals surface area contributed by atoms with Crippen LogP contribution in [-0.2, 0) is 6.42 Å². The van der Waals surface area contributed by atoms with Crippen LogP contribution >= 0.6 is 0 Å². The van der Waals surface area contributed by atoms with Crippen LogP contribution in [0.2, 0.25) is 0 Å². The lowest BCUT2D eigenvalue weighted by Gasteiger charge is -2.27. The van der Waals surface area contributed by atoms with Gasteiger partial charge in [-0.05, 0) is 55.4 Å². The predicted molar refractivity (Wildman–Crippen MR) is 85.5 cm³/mol. The molecule has 1 aliphatic rings. The van der Waals surface area contributed by atoms with Crippen LogP contribution in [0.3, 0.4) is 0 Å². The van der Waals surface area contributed by atoms with Crippen molar-refractivity contribution in [3.05, 3.63) is 70.3 Å². The van der Waals surface area contributed by atoms with Gasteiger partial charge in [0.1, 0.15) is 0 Å². The van der Waals surface area contributed by atoms with Gasteiger partial charge in [0.2, 0.25) is 0 Å². The van der Waals surface area contributed by atoms with Crippen LogP contribution in [0.1, 0.15) is 51.5 Å². The maximum Gasteiger partial charge on any atom is 0.252 e. The minimum atomic E-state index is 0.0484. The van der Waals surface area contributed by atoms with Gasteiger partial charge in [-0.3, -0.25) is 4.79 Å². The molecule has 0 aliphatic heterocycles. The Bertz CT molecular complexity index is 655. The van der Waals surface area contributed by atoms with E-state index in [9.17, 15) is 4.79 Å². The quantitative estimate of drug-likeness (QED) is 0.880. The zero-order valence-electron chi connectivity index (χ0n) is 12.6. The first-order valence-corrected chi connectivity index (χ1v) is 7.61. The van der Waals surface area contributed by atoms with Crippen molar-refractivity contribution in [2.75, 3.05) is 0 Å². The van der Waals surface area contributed by atoms with Gasteiger partial charge in [-0.1, -0.05) is 42.5 Å². The zero-order valence-corrected chi connectivity index (χ0v) is 12.6. The van der Waals surface area contributed by atoms with E-state index in [0.717, 1.165) is 36.0 Å². The van der Waals surface area contributed by atoms with Crippen LogP contribution in [0.25, 0.3) is 0 Å². The van der Waals surface area contributed by atoms with Gasteiger partial charge < -0.3 is 5.32 Å². The van der Waals surface area contributed by atoms with E-state index in [1.54, 1.807) is 0 Å². The van der Waals surface area contributed by atoms with E-state index in [4.69, 9.17) is 0 Å². The van der Waals surface area contributed by atoms with E-state index in [0.29, 0.717) is 0 Å². The fourth-order valence-corrected chi connectivity index (χ4v) is 3.31. The summed E-state index contributed by atoms with van der Waals surface area (Å²) < 4.78 is 0. The summed E-state index contributed by atoms with van der Waals surface area (Å²) in [6.07, 6.45) is 3.27. The molecule has 0 saturated heterocycles. The molecule has 1 aliphatic carbocycles. The van der Waals surface area contributed by atoms with Crippen molar-refractivity contribution >= 4 is 5.91 Å². The number of nitrogens with one attached hydrogen (secondary N) is 1. The molecule has 0 aromatic heterocycles. The van der Waals surface area contributed by atoms with Crippen molar-refractivity contribution in [1.82, 2.24) is 5.32 Å². The third-order valence-electron chi connectivity index (χ3n) is 4.38. The average Bonchev–Trinajstić information content (AvgIpc) is 2.47. The van der Waals surface area contributed by atoms with Crippen molar-refractivity contribution in [2.45, 2.75) is 39.2 Å². The van der Waals surface area contributed by atoms with Gasteiger partial charge >= 0.3 is 0 Å². The van der Waals surface area contributed by atoms with E-state index in [2.05, 4.69) is 29.6 Å². The highest BCUT2D eigenvalue weighted by atomic mass is 16.1. The van der Waals surface area contributed by atoms with Crippen LogP contribution in [0.15, 0.2) is 42.5 Å². The minimum absolute atomic E-state index is 0.0484. The first-order chi connectivity index (χ1) is 10.2. The number of benzene rings is 2. The Balaban J connectivity index is 1.86. The Hall–Kier alpha value is -2.09. The SMILES string of the molecule is Cc1cccc(C)c1C(=O)NC1CCCc2ccccc21. The van der Waals surface area contributed by atoms with Crippen LogP contribution in [0.4, 0.5) is 0 Å². The van der Waals surface area contributed by atoms with Crippen molar-refractivity contribution in [3.63, 3.8) is 0 Å². The molecule has 1 N–H and O–H groups in total. The molecule has 1 atom stereocenters. The van der Waals surface area contributed by atoms with Gasteiger partial charge in [-0.2, -0.15) is 0 Å². The standard InChI is InChI=1S/C19H21NO/c1-13-7-5-8-14(2)18(13)19(21)20-17-12-6-10-15-9-3-4-11-16(15)17/h3-5,7-9,11,17H,6,10,12H2,1-2H3,(H,20,21). The lowest BCUT2D eigenvalue weighted by Crippen LogP contribution is -2.31. The van der Waals surface area contributed by atoms with Crippen molar-refractivity contribution in [3.8, 4) is 0 Å². The molecule has 0 bridgehead atoms. The maximum atomic E-state index is 12.7. The third-order valence-corrected chi connectivity index (χ3v) is 4.38. The third kappa shape index (κ3) is 2.71. The lowest BCUT2D eigenvalue weighted by molar-refractivity contribution is 0.0931. The maximum absolute atomic E-state index is 12.7. The number of amides is 1. The molecule has 2 heteroatoms. The van der Waals surface area contributed by atoms with Gasteiger partial charge in [0.25, 0.3) is 5.91 Å². The topological polar surface area (TPSA) is 29.1 Å². The summed E-state index contributed by atoms with van der Waals surface area (Å²) >= 11 is 0. The average molecular weight is 279 g/mol. The van der Waals surface area contributed by atoms with Gasteiger partial charge in [0, 0.05) is 5.56 Å². The number of rotatable bonds is 2. The highest BCUT2D eigenvalue weighted by Crippen LogP contribution is 2.30. The Labute approximate surface area is 126 Å². The smallest absolute Gasteiger partial charge is 0.252 e. The number of hydrogen-bond donors (Lipinski definition) is 1. The molecule has 0 saturated carbocycles. The molecule has 1 unspecified atom stereocenters. The highest BCUT2D eigenvalue weighted by molar-refractivity contribution is 5.97. The molecule has 0 fully saturated rings. The molecule has 3 rings (SSSR count). The Morgan fingerprint density at radius 1 is 1.05 bits per heavy atom. The van der Waals surface area contributed by atoms with Gasteiger partial charge in [0.15, 0.2) is 0 Å². The second-order valence-electron chi connectivity index (χ2n) is 5.88. The summed E-state index contributed by atoms with van der Waals surface area (Å²) in [7, 11) is 0. The van der Waals surface area contributed by atoms with Crippen LogP contribution in [0, 0.1) is 13.8 Å². The Kier molecular flexibility index (Phi) is 3.78. The molecule has 21 heavy (non-hydrogen) atoms. The zero-order chi connectivity index (χ0) is 14.8. The summed E-state index contributed by atoms with van der Waals surface area (Å²) in [4.78, 5) is 12.7. The molecule has 0 spiro atoms. The molecule has 2 nitrogen and oxygen atoms in total. The summed E-state index contributed by atoms with van der Waals surface area (Å²) in [5.41, 5.74) is 5.55. The molecule has 1 amide bonds. The molecule has 2 aromatic rings. The van der Waals surface area contributed by atoms with E-state index < -0.39 is 0 Å². The summed E-state index contributed by atoms with van der Waals surface area (Å²) in [5, 5.41) is 3.23.